The minimum absolute atomic E-state index is 0.203. The lowest BCUT2D eigenvalue weighted by Crippen LogP contribution is -2.07. The van der Waals surface area contributed by atoms with Crippen molar-refractivity contribution in [3.8, 4) is 0 Å². The Hall–Kier alpha value is -2.55. The highest BCUT2D eigenvalue weighted by molar-refractivity contribution is 5.89. The Labute approximate surface area is 130 Å². The fourth-order valence-corrected chi connectivity index (χ4v) is 2.91. The molecule has 0 bridgehead atoms. The number of esters is 1. The van der Waals surface area contributed by atoms with Gasteiger partial charge in [-0.2, -0.15) is 0 Å². The van der Waals surface area contributed by atoms with Gasteiger partial charge in [-0.1, -0.05) is 48.5 Å². The molecule has 0 radical (unpaired) electrons. The molecular formula is C19H19NO2. The molecule has 3 rings (SSSR count). The van der Waals surface area contributed by atoms with Crippen LogP contribution >= 0.6 is 0 Å². The molecular weight excluding hydrogens is 274 g/mol. The quantitative estimate of drug-likeness (QED) is 0.687. The first-order valence-corrected chi connectivity index (χ1v) is 7.38. The molecule has 0 aliphatic rings. The Morgan fingerprint density at radius 2 is 1.73 bits per heavy atom. The average molecular weight is 293 g/mol. The van der Waals surface area contributed by atoms with E-state index in [2.05, 4.69) is 35.8 Å². The van der Waals surface area contributed by atoms with Crippen molar-refractivity contribution in [1.29, 1.82) is 0 Å². The normalized spacial score (nSPS) is 10.8. The monoisotopic (exact) mass is 293 g/mol. The Kier molecular flexibility index (Phi) is 3.96. The molecule has 1 aromatic heterocycles. The number of hydrogen-bond donors (Lipinski definition) is 0. The van der Waals surface area contributed by atoms with Crippen molar-refractivity contribution >= 4 is 16.9 Å². The van der Waals surface area contributed by atoms with E-state index in [0.29, 0.717) is 6.42 Å². The van der Waals surface area contributed by atoms with Crippen LogP contribution in [0.3, 0.4) is 0 Å². The summed E-state index contributed by atoms with van der Waals surface area (Å²) in [4.78, 5) is 11.7. The van der Waals surface area contributed by atoms with Gasteiger partial charge in [-0.15, -0.1) is 0 Å². The van der Waals surface area contributed by atoms with Crippen LogP contribution in [-0.4, -0.2) is 17.6 Å². The summed E-state index contributed by atoms with van der Waals surface area (Å²) in [6.07, 6.45) is 0.310. The fourth-order valence-electron chi connectivity index (χ4n) is 2.91. The van der Waals surface area contributed by atoms with E-state index in [1.165, 1.54) is 12.7 Å². The van der Waals surface area contributed by atoms with Gasteiger partial charge in [-0.25, -0.2) is 0 Å². The number of carbonyl (C=O) groups excluding carboxylic acids is 1. The zero-order chi connectivity index (χ0) is 15.5. The number of hydrogen-bond acceptors (Lipinski definition) is 2. The third kappa shape index (κ3) is 2.62. The van der Waals surface area contributed by atoms with E-state index in [1.807, 2.05) is 30.3 Å². The molecule has 2 aromatic carbocycles. The highest BCUT2D eigenvalue weighted by Crippen LogP contribution is 2.27. The van der Waals surface area contributed by atoms with Gasteiger partial charge < -0.3 is 9.30 Å². The lowest BCUT2D eigenvalue weighted by molar-refractivity contribution is -0.139. The molecule has 0 saturated heterocycles. The number of rotatable bonds is 4. The number of carbonyl (C=O) groups is 1. The summed E-state index contributed by atoms with van der Waals surface area (Å²) < 4.78 is 7.10. The summed E-state index contributed by atoms with van der Waals surface area (Å²) in [7, 11) is 1.43. The minimum Gasteiger partial charge on any atom is -0.469 e. The van der Waals surface area contributed by atoms with Gasteiger partial charge in [-0.3, -0.25) is 4.79 Å². The molecule has 0 atom stereocenters. The zero-order valence-electron chi connectivity index (χ0n) is 12.9. The lowest BCUT2D eigenvalue weighted by atomic mass is 10.1. The fraction of sp³-hybridized carbons (Fsp3) is 0.211. The van der Waals surface area contributed by atoms with Crippen LogP contribution in [0, 0.1) is 6.92 Å². The average Bonchev–Trinajstić information content (AvgIpc) is 2.82. The van der Waals surface area contributed by atoms with Crippen molar-refractivity contribution in [2.75, 3.05) is 7.11 Å². The van der Waals surface area contributed by atoms with Crippen LogP contribution in [0.2, 0.25) is 0 Å². The van der Waals surface area contributed by atoms with Gasteiger partial charge in [-0.05, 0) is 24.1 Å². The summed E-state index contributed by atoms with van der Waals surface area (Å²) in [5, 5.41) is 1.13. The predicted octanol–water partition coefficient (Wildman–Crippen LogP) is 3.71. The van der Waals surface area contributed by atoms with Crippen LogP contribution in [0.15, 0.2) is 54.6 Å². The van der Waals surface area contributed by atoms with Gasteiger partial charge in [0.1, 0.15) is 0 Å². The minimum atomic E-state index is -0.203. The maximum Gasteiger partial charge on any atom is 0.310 e. The molecule has 0 aliphatic carbocycles. The molecule has 3 heteroatoms. The third-order valence-electron chi connectivity index (χ3n) is 4.09. The number of para-hydroxylation sites is 1. The van der Waals surface area contributed by atoms with Crippen molar-refractivity contribution in [2.24, 2.45) is 0 Å². The Morgan fingerprint density at radius 3 is 2.45 bits per heavy atom. The second-order valence-electron chi connectivity index (χ2n) is 5.41. The molecule has 3 aromatic rings. The second kappa shape index (κ2) is 6.06. The highest BCUT2D eigenvalue weighted by Gasteiger charge is 2.16. The summed E-state index contributed by atoms with van der Waals surface area (Å²) in [5.74, 6) is -0.203. The standard InChI is InChI=1S/C19H19NO2/c1-14-17(12-19(21)22-2)16-10-6-7-11-18(16)20(14)13-15-8-4-3-5-9-15/h3-11H,12-13H2,1-2H3. The Bertz CT molecular complexity index is 803. The van der Waals surface area contributed by atoms with Gasteiger partial charge in [0.25, 0.3) is 0 Å². The lowest BCUT2D eigenvalue weighted by Gasteiger charge is -2.09. The van der Waals surface area contributed by atoms with Crippen molar-refractivity contribution in [2.45, 2.75) is 19.9 Å². The Morgan fingerprint density at radius 1 is 1.05 bits per heavy atom. The van der Waals surface area contributed by atoms with E-state index in [1.54, 1.807) is 0 Å². The molecule has 0 amide bonds. The van der Waals surface area contributed by atoms with Crippen LogP contribution in [-0.2, 0) is 22.5 Å². The number of benzene rings is 2. The maximum atomic E-state index is 11.7. The number of methoxy groups -OCH3 is 1. The maximum absolute atomic E-state index is 11.7. The number of nitrogens with zero attached hydrogens (tertiary/aromatic N) is 1. The number of aromatic nitrogens is 1. The van der Waals surface area contributed by atoms with Crippen LogP contribution in [0.1, 0.15) is 16.8 Å². The molecule has 0 fully saturated rings. The van der Waals surface area contributed by atoms with Crippen LogP contribution in [0.4, 0.5) is 0 Å². The van der Waals surface area contributed by atoms with Crippen molar-refractivity contribution < 1.29 is 9.53 Å². The first kappa shape index (κ1) is 14.4. The van der Waals surface area contributed by atoms with Gasteiger partial charge >= 0.3 is 5.97 Å². The van der Waals surface area contributed by atoms with Gasteiger partial charge in [0, 0.05) is 23.1 Å². The molecule has 112 valence electrons. The van der Waals surface area contributed by atoms with Gasteiger partial charge in [0.15, 0.2) is 0 Å². The van der Waals surface area contributed by atoms with E-state index in [9.17, 15) is 4.79 Å². The highest BCUT2D eigenvalue weighted by atomic mass is 16.5. The van der Waals surface area contributed by atoms with Gasteiger partial charge in [0.2, 0.25) is 0 Å². The van der Waals surface area contributed by atoms with Crippen LogP contribution in [0.5, 0.6) is 0 Å². The molecule has 3 nitrogen and oxygen atoms in total. The molecule has 0 spiro atoms. The molecule has 0 saturated carbocycles. The molecule has 22 heavy (non-hydrogen) atoms. The summed E-state index contributed by atoms with van der Waals surface area (Å²) in [6.45, 7) is 2.87. The molecule has 0 unspecified atom stereocenters. The largest absolute Gasteiger partial charge is 0.469 e. The van der Waals surface area contributed by atoms with Crippen LogP contribution < -0.4 is 0 Å². The van der Waals surface area contributed by atoms with E-state index in [4.69, 9.17) is 4.74 Å². The van der Waals surface area contributed by atoms with Crippen molar-refractivity contribution in [1.82, 2.24) is 4.57 Å². The van der Waals surface area contributed by atoms with Crippen LogP contribution in [0.25, 0.3) is 10.9 Å². The first-order chi connectivity index (χ1) is 10.7. The SMILES string of the molecule is COC(=O)Cc1c(C)n(Cc2ccccc2)c2ccccc12. The Balaban J connectivity index is 2.10. The predicted molar refractivity (Wildman–Crippen MR) is 87.9 cm³/mol. The number of fused-ring (bicyclic) bond motifs is 1. The van der Waals surface area contributed by atoms with Crippen molar-refractivity contribution in [3.05, 3.63) is 71.4 Å². The summed E-state index contributed by atoms with van der Waals surface area (Å²) in [5.41, 5.74) is 4.58. The molecule has 0 aliphatic heterocycles. The molecule has 0 N–H and O–H groups in total. The summed E-state index contributed by atoms with van der Waals surface area (Å²) in [6, 6.07) is 18.6. The number of ether oxygens (including phenoxy) is 1. The first-order valence-electron chi connectivity index (χ1n) is 7.38. The third-order valence-corrected chi connectivity index (χ3v) is 4.09. The second-order valence-corrected chi connectivity index (χ2v) is 5.41. The van der Waals surface area contributed by atoms with E-state index >= 15 is 0 Å². The van der Waals surface area contributed by atoms with E-state index in [-0.39, 0.29) is 5.97 Å². The van der Waals surface area contributed by atoms with Crippen molar-refractivity contribution in [3.63, 3.8) is 0 Å². The molecule has 1 heterocycles. The van der Waals surface area contributed by atoms with Gasteiger partial charge in [0.05, 0.1) is 13.5 Å². The summed E-state index contributed by atoms with van der Waals surface area (Å²) >= 11 is 0. The van der Waals surface area contributed by atoms with E-state index in [0.717, 1.165) is 28.7 Å². The topological polar surface area (TPSA) is 31.2 Å². The smallest absolute Gasteiger partial charge is 0.310 e. The van der Waals surface area contributed by atoms with E-state index < -0.39 is 0 Å². The zero-order valence-corrected chi connectivity index (χ0v) is 12.9.